The van der Waals surface area contributed by atoms with Crippen LogP contribution in [-0.4, -0.2) is 49.1 Å². The number of amides is 1. The summed E-state index contributed by atoms with van der Waals surface area (Å²) in [6, 6.07) is 0.0523. The van der Waals surface area contributed by atoms with Crippen molar-refractivity contribution < 1.29 is 14.3 Å². The van der Waals surface area contributed by atoms with Gasteiger partial charge in [-0.2, -0.15) is 0 Å². The molecule has 0 spiro atoms. The second-order valence-electron chi connectivity index (χ2n) is 5.67. The van der Waals surface area contributed by atoms with E-state index in [0.29, 0.717) is 12.6 Å². The van der Waals surface area contributed by atoms with Crippen molar-refractivity contribution in [3.05, 3.63) is 0 Å². The Labute approximate surface area is 114 Å². The van der Waals surface area contributed by atoms with Crippen molar-refractivity contribution in [1.29, 1.82) is 0 Å². The van der Waals surface area contributed by atoms with Gasteiger partial charge >= 0.3 is 5.97 Å². The molecule has 5 heteroatoms. The molecule has 19 heavy (non-hydrogen) atoms. The number of carbonyl (C=O) groups excluding carboxylic acids is 2. The third-order valence-electron chi connectivity index (χ3n) is 4.39. The van der Waals surface area contributed by atoms with E-state index in [1.165, 1.54) is 46.1 Å². The van der Waals surface area contributed by atoms with Gasteiger partial charge in [-0.15, -0.1) is 0 Å². The summed E-state index contributed by atoms with van der Waals surface area (Å²) >= 11 is 0. The zero-order chi connectivity index (χ0) is 13.8. The maximum absolute atomic E-state index is 11.7. The standard InChI is InChI=1S/C14H24N2O3/c1-10(17)15-12(14(18)19-2)9-16-8-4-6-11-5-3-7-13(11)16/h11-13H,3-9H2,1-2H3,(H,15,17). The van der Waals surface area contributed by atoms with Gasteiger partial charge in [0, 0.05) is 19.5 Å². The Balaban J connectivity index is 1.98. The van der Waals surface area contributed by atoms with Crippen molar-refractivity contribution in [2.75, 3.05) is 20.2 Å². The van der Waals surface area contributed by atoms with Crippen LogP contribution in [0.4, 0.5) is 0 Å². The fraction of sp³-hybridized carbons (Fsp3) is 0.857. The Bertz CT molecular complexity index is 346. The molecular weight excluding hydrogens is 244 g/mol. The monoisotopic (exact) mass is 268 g/mol. The van der Waals surface area contributed by atoms with Gasteiger partial charge in [0.15, 0.2) is 0 Å². The van der Waals surface area contributed by atoms with Gasteiger partial charge in [0.1, 0.15) is 6.04 Å². The lowest BCUT2D eigenvalue weighted by atomic mass is 9.91. The van der Waals surface area contributed by atoms with Crippen LogP contribution >= 0.6 is 0 Å². The summed E-state index contributed by atoms with van der Waals surface area (Å²) in [5.74, 6) is 0.245. The second kappa shape index (κ2) is 6.37. The Hall–Kier alpha value is -1.10. The van der Waals surface area contributed by atoms with Crippen LogP contribution in [-0.2, 0) is 14.3 Å². The highest BCUT2D eigenvalue weighted by Crippen LogP contribution is 2.36. The van der Waals surface area contributed by atoms with Gasteiger partial charge in [-0.3, -0.25) is 9.69 Å². The van der Waals surface area contributed by atoms with Gasteiger partial charge in [-0.05, 0) is 38.1 Å². The molecule has 108 valence electrons. The zero-order valence-electron chi connectivity index (χ0n) is 11.9. The molecule has 1 amide bonds. The second-order valence-corrected chi connectivity index (χ2v) is 5.67. The van der Waals surface area contributed by atoms with Crippen LogP contribution in [0.3, 0.4) is 0 Å². The zero-order valence-corrected chi connectivity index (χ0v) is 11.9. The average Bonchev–Trinajstić information content (AvgIpc) is 2.85. The number of rotatable bonds is 4. The Kier molecular flexibility index (Phi) is 4.80. The van der Waals surface area contributed by atoms with E-state index in [4.69, 9.17) is 4.74 Å². The fourth-order valence-corrected chi connectivity index (χ4v) is 3.59. The maximum Gasteiger partial charge on any atom is 0.329 e. The number of esters is 1. The molecule has 2 rings (SSSR count). The molecule has 0 bridgehead atoms. The molecular formula is C14H24N2O3. The first kappa shape index (κ1) is 14.3. The van der Waals surface area contributed by atoms with Gasteiger partial charge in [0.25, 0.3) is 0 Å². The van der Waals surface area contributed by atoms with Crippen LogP contribution in [0.15, 0.2) is 0 Å². The molecule has 0 aromatic carbocycles. The van der Waals surface area contributed by atoms with Gasteiger partial charge in [-0.25, -0.2) is 4.79 Å². The number of methoxy groups -OCH3 is 1. The number of hydrogen-bond donors (Lipinski definition) is 1. The Morgan fingerprint density at radius 2 is 2.05 bits per heavy atom. The third kappa shape index (κ3) is 3.47. The van der Waals surface area contributed by atoms with Crippen LogP contribution in [0.2, 0.25) is 0 Å². The van der Waals surface area contributed by atoms with E-state index in [1.807, 2.05) is 0 Å². The molecule has 0 aromatic rings. The molecule has 1 heterocycles. The third-order valence-corrected chi connectivity index (χ3v) is 4.39. The molecule has 0 aromatic heterocycles. The maximum atomic E-state index is 11.7. The molecule has 1 saturated heterocycles. The smallest absolute Gasteiger partial charge is 0.329 e. The van der Waals surface area contributed by atoms with E-state index in [2.05, 4.69) is 10.2 Å². The normalized spacial score (nSPS) is 28.5. The van der Waals surface area contributed by atoms with Crippen LogP contribution in [0.25, 0.3) is 0 Å². The SMILES string of the molecule is COC(=O)C(CN1CCCC2CCCC21)NC(C)=O. The predicted octanol–water partition coefficient (Wildman–Crippen LogP) is 0.929. The number of ether oxygens (including phenoxy) is 1. The number of likely N-dealkylation sites (tertiary alicyclic amines) is 1. The highest BCUT2D eigenvalue weighted by Gasteiger charge is 2.37. The lowest BCUT2D eigenvalue weighted by molar-refractivity contribution is -0.145. The number of piperidine rings is 1. The predicted molar refractivity (Wildman–Crippen MR) is 71.6 cm³/mol. The first-order valence-corrected chi connectivity index (χ1v) is 7.20. The quantitative estimate of drug-likeness (QED) is 0.771. The van der Waals surface area contributed by atoms with E-state index in [-0.39, 0.29) is 11.9 Å². The molecule has 1 N–H and O–H groups in total. The summed E-state index contributed by atoms with van der Waals surface area (Å²) in [6.45, 7) is 3.03. The van der Waals surface area contributed by atoms with Crippen LogP contribution < -0.4 is 5.32 Å². The van der Waals surface area contributed by atoms with E-state index in [0.717, 1.165) is 12.5 Å². The summed E-state index contributed by atoms with van der Waals surface area (Å²) in [5, 5.41) is 2.70. The molecule has 2 fully saturated rings. The lowest BCUT2D eigenvalue weighted by Gasteiger charge is -2.39. The fourth-order valence-electron chi connectivity index (χ4n) is 3.59. The topological polar surface area (TPSA) is 58.6 Å². The van der Waals surface area contributed by atoms with Gasteiger partial charge in [0.05, 0.1) is 7.11 Å². The average molecular weight is 268 g/mol. The van der Waals surface area contributed by atoms with Crippen molar-refractivity contribution in [3.8, 4) is 0 Å². The Morgan fingerprint density at radius 3 is 2.74 bits per heavy atom. The highest BCUT2D eigenvalue weighted by atomic mass is 16.5. The molecule has 1 saturated carbocycles. The summed E-state index contributed by atoms with van der Waals surface area (Å²) in [6.07, 6.45) is 6.32. The highest BCUT2D eigenvalue weighted by molar-refractivity contribution is 5.83. The first-order chi connectivity index (χ1) is 9.11. The van der Waals surface area contributed by atoms with Crippen molar-refractivity contribution in [2.24, 2.45) is 5.92 Å². The summed E-state index contributed by atoms with van der Waals surface area (Å²) < 4.78 is 4.79. The van der Waals surface area contributed by atoms with Gasteiger partial charge < -0.3 is 10.1 Å². The number of fused-ring (bicyclic) bond motifs is 1. The van der Waals surface area contributed by atoms with Gasteiger partial charge in [0.2, 0.25) is 5.91 Å². The molecule has 0 radical (unpaired) electrons. The van der Waals surface area contributed by atoms with Crippen LogP contribution in [0.1, 0.15) is 39.0 Å². The van der Waals surface area contributed by atoms with Crippen molar-refractivity contribution >= 4 is 11.9 Å². The first-order valence-electron chi connectivity index (χ1n) is 7.20. The largest absolute Gasteiger partial charge is 0.467 e. The van der Waals surface area contributed by atoms with E-state index in [9.17, 15) is 9.59 Å². The van der Waals surface area contributed by atoms with Crippen LogP contribution in [0, 0.1) is 5.92 Å². The molecule has 1 aliphatic carbocycles. The summed E-state index contributed by atoms with van der Waals surface area (Å²) in [5.41, 5.74) is 0. The molecule has 2 aliphatic rings. The summed E-state index contributed by atoms with van der Waals surface area (Å²) in [4.78, 5) is 25.3. The Morgan fingerprint density at radius 1 is 1.32 bits per heavy atom. The minimum absolute atomic E-state index is 0.185. The minimum atomic E-state index is -0.540. The minimum Gasteiger partial charge on any atom is -0.467 e. The van der Waals surface area contributed by atoms with Crippen molar-refractivity contribution in [3.63, 3.8) is 0 Å². The van der Waals surface area contributed by atoms with E-state index < -0.39 is 6.04 Å². The summed E-state index contributed by atoms with van der Waals surface area (Å²) in [7, 11) is 1.37. The van der Waals surface area contributed by atoms with Crippen molar-refractivity contribution in [2.45, 2.75) is 51.1 Å². The number of nitrogens with zero attached hydrogens (tertiary/aromatic N) is 1. The lowest BCUT2D eigenvalue weighted by Crippen LogP contribution is -2.53. The molecule has 3 unspecified atom stereocenters. The molecule has 3 atom stereocenters. The number of nitrogens with one attached hydrogen (secondary N) is 1. The molecule has 1 aliphatic heterocycles. The molecule has 5 nitrogen and oxygen atoms in total. The van der Waals surface area contributed by atoms with E-state index in [1.54, 1.807) is 0 Å². The van der Waals surface area contributed by atoms with Gasteiger partial charge in [-0.1, -0.05) is 6.42 Å². The number of hydrogen-bond acceptors (Lipinski definition) is 4. The van der Waals surface area contributed by atoms with Crippen molar-refractivity contribution in [1.82, 2.24) is 10.2 Å². The van der Waals surface area contributed by atoms with E-state index >= 15 is 0 Å². The van der Waals surface area contributed by atoms with Crippen LogP contribution in [0.5, 0.6) is 0 Å². The number of carbonyl (C=O) groups is 2.